The van der Waals surface area contributed by atoms with Gasteiger partial charge in [0.1, 0.15) is 16.2 Å². The lowest BCUT2D eigenvalue weighted by molar-refractivity contribution is -0.117. The van der Waals surface area contributed by atoms with E-state index in [1.54, 1.807) is 6.92 Å². The minimum absolute atomic E-state index is 0.0143. The van der Waals surface area contributed by atoms with Gasteiger partial charge in [0.25, 0.3) is 5.91 Å². The number of carbonyl (C=O) groups is 2. The molecule has 1 saturated carbocycles. The zero-order valence-corrected chi connectivity index (χ0v) is 22.3. The molecule has 0 spiro atoms. The zero-order valence-electron chi connectivity index (χ0n) is 18.5. The summed E-state index contributed by atoms with van der Waals surface area (Å²) in [7, 11) is 0. The van der Waals surface area contributed by atoms with Crippen LogP contribution in [-0.2, 0) is 4.79 Å². The number of nitrogens with zero attached hydrogens (tertiary/aromatic N) is 1. The molecule has 1 aliphatic carbocycles. The first kappa shape index (κ1) is 28.0. The van der Waals surface area contributed by atoms with E-state index in [-0.39, 0.29) is 27.5 Å². The zero-order chi connectivity index (χ0) is 26.8. The lowest BCUT2D eigenvalue weighted by Gasteiger charge is -2.11. The average Bonchev–Trinajstić information content (AvgIpc) is 3.37. The van der Waals surface area contributed by atoms with Gasteiger partial charge in [0.2, 0.25) is 5.91 Å². The summed E-state index contributed by atoms with van der Waals surface area (Å²) in [4.78, 5) is 25.7. The number of benzene rings is 2. The predicted octanol–water partition coefficient (Wildman–Crippen LogP) is 7.78. The van der Waals surface area contributed by atoms with Gasteiger partial charge in [-0.05, 0) is 61.0 Å². The molecule has 2 aromatic carbocycles. The van der Waals surface area contributed by atoms with E-state index in [2.05, 4.69) is 17.2 Å². The number of halogens is 6. The van der Waals surface area contributed by atoms with Crippen LogP contribution in [0.4, 0.5) is 15.8 Å². The number of hydrogen-bond acceptors (Lipinski definition) is 3. The number of nitriles is 1. The van der Waals surface area contributed by atoms with E-state index >= 15 is 0 Å². The number of alkyl halides is 2. The summed E-state index contributed by atoms with van der Waals surface area (Å²) in [5.74, 6) is -3.22. The molecule has 11 heteroatoms. The number of allylic oxidation sites excluding steroid dienone is 5. The minimum Gasteiger partial charge on any atom is -0.326 e. The van der Waals surface area contributed by atoms with Gasteiger partial charge in [0.15, 0.2) is 0 Å². The maximum absolute atomic E-state index is 13.4. The second kappa shape index (κ2) is 11.2. The summed E-state index contributed by atoms with van der Waals surface area (Å²) >= 11 is 30.8. The van der Waals surface area contributed by atoms with Crippen LogP contribution < -0.4 is 10.6 Å². The van der Waals surface area contributed by atoms with E-state index in [0.717, 1.165) is 12.1 Å². The first-order valence-electron chi connectivity index (χ1n) is 10.2. The number of carbonyl (C=O) groups excluding carboxylic acids is 2. The monoisotopic (exact) mass is 585 g/mol. The van der Waals surface area contributed by atoms with Crippen LogP contribution in [-0.4, -0.2) is 16.1 Å². The third kappa shape index (κ3) is 6.42. The molecule has 0 radical (unpaired) electrons. The highest BCUT2D eigenvalue weighted by Gasteiger charge is 2.67. The fourth-order valence-electron chi connectivity index (χ4n) is 3.52. The maximum Gasteiger partial charge on any atom is 0.257 e. The van der Waals surface area contributed by atoms with Gasteiger partial charge in [-0.1, -0.05) is 41.4 Å². The SMILES string of the molecule is C=C(/C=C(Cl)\C=C(/C)Cl)[C@@H]1[C@@H](C(=O)Nc2ccc(Cl)c(C(=O)Nc3ccc(F)cc3C#N)c2)C1(Cl)Cl. The molecule has 0 aliphatic heterocycles. The Kier molecular flexibility index (Phi) is 8.76. The molecule has 1 aliphatic rings. The molecule has 0 unspecified atom stereocenters. The van der Waals surface area contributed by atoms with Crippen molar-refractivity contribution in [3.63, 3.8) is 0 Å². The molecule has 0 saturated heterocycles. The van der Waals surface area contributed by atoms with Crippen molar-refractivity contribution in [3.8, 4) is 6.07 Å². The van der Waals surface area contributed by atoms with Gasteiger partial charge in [0.05, 0.1) is 27.8 Å². The van der Waals surface area contributed by atoms with Crippen molar-refractivity contribution in [2.75, 3.05) is 10.6 Å². The summed E-state index contributed by atoms with van der Waals surface area (Å²) in [6.45, 7) is 5.57. The van der Waals surface area contributed by atoms with E-state index in [1.165, 1.54) is 36.4 Å². The number of hydrogen-bond donors (Lipinski definition) is 2. The van der Waals surface area contributed by atoms with E-state index in [4.69, 9.17) is 58.0 Å². The van der Waals surface area contributed by atoms with Crippen molar-refractivity contribution in [1.82, 2.24) is 0 Å². The standard InChI is InChI=1S/C25H17Cl5FN3O2/c1-12(7-15(27)8-13(2)26)21-22(25(21,29)30)24(36)33-17-4-5-19(28)18(10-17)23(35)34-20-6-3-16(31)9-14(20)11-32/h3-10,21-22H,1H2,2H3,(H,33,36)(H,34,35)/b13-8+,15-7+/t21-,22+/m1/s1. The van der Waals surface area contributed by atoms with Gasteiger partial charge < -0.3 is 10.6 Å². The first-order chi connectivity index (χ1) is 16.8. The Hall–Kier alpha value is -2.53. The Morgan fingerprint density at radius 2 is 1.81 bits per heavy atom. The highest BCUT2D eigenvalue weighted by atomic mass is 35.5. The van der Waals surface area contributed by atoms with E-state index in [0.29, 0.717) is 15.6 Å². The molecule has 2 aromatic rings. The summed E-state index contributed by atoms with van der Waals surface area (Å²) in [6.07, 6.45) is 3.04. The Balaban J connectivity index is 1.76. The van der Waals surface area contributed by atoms with Crippen LogP contribution in [0.15, 0.2) is 70.8 Å². The minimum atomic E-state index is -1.41. The number of amides is 2. The molecular weight excluding hydrogens is 571 g/mol. The molecule has 0 heterocycles. The summed E-state index contributed by atoms with van der Waals surface area (Å²) in [5.41, 5.74) is 0.761. The molecule has 2 N–H and O–H groups in total. The van der Waals surface area contributed by atoms with Crippen molar-refractivity contribution in [2.24, 2.45) is 11.8 Å². The Morgan fingerprint density at radius 3 is 2.44 bits per heavy atom. The van der Waals surface area contributed by atoms with Gasteiger partial charge in [-0.2, -0.15) is 5.26 Å². The van der Waals surface area contributed by atoms with Crippen LogP contribution in [0.2, 0.25) is 5.02 Å². The third-order valence-corrected chi connectivity index (χ3v) is 6.82. The van der Waals surface area contributed by atoms with Crippen molar-refractivity contribution in [3.05, 3.63) is 92.7 Å². The molecule has 3 rings (SSSR count). The van der Waals surface area contributed by atoms with Crippen molar-refractivity contribution < 1.29 is 14.0 Å². The second-order valence-corrected chi connectivity index (χ2v) is 10.8. The molecule has 36 heavy (non-hydrogen) atoms. The molecule has 1 fully saturated rings. The molecule has 0 aromatic heterocycles. The van der Waals surface area contributed by atoms with Crippen LogP contribution in [0, 0.1) is 29.0 Å². The Morgan fingerprint density at radius 1 is 1.11 bits per heavy atom. The van der Waals surface area contributed by atoms with Gasteiger partial charge in [-0.25, -0.2) is 4.39 Å². The summed E-state index contributed by atoms with van der Waals surface area (Å²) in [5, 5.41) is 15.2. The molecule has 0 bridgehead atoms. The van der Waals surface area contributed by atoms with Crippen molar-refractivity contribution >= 4 is 81.2 Å². The molecular formula is C25H17Cl5FN3O2. The Labute approximate surface area is 232 Å². The molecule has 5 nitrogen and oxygen atoms in total. The van der Waals surface area contributed by atoms with Gasteiger partial charge in [0, 0.05) is 21.7 Å². The normalized spacial score (nSPS) is 18.7. The number of nitrogens with one attached hydrogen (secondary N) is 2. The van der Waals surface area contributed by atoms with Crippen molar-refractivity contribution in [1.29, 1.82) is 5.26 Å². The average molecular weight is 588 g/mol. The van der Waals surface area contributed by atoms with E-state index in [1.807, 2.05) is 6.07 Å². The maximum atomic E-state index is 13.4. The first-order valence-corrected chi connectivity index (χ1v) is 12.1. The molecule has 186 valence electrons. The van der Waals surface area contributed by atoms with Gasteiger partial charge in [-0.3, -0.25) is 9.59 Å². The van der Waals surface area contributed by atoms with Gasteiger partial charge in [-0.15, -0.1) is 23.2 Å². The second-order valence-electron chi connectivity index (χ2n) is 7.90. The molecule has 2 atom stereocenters. The van der Waals surface area contributed by atoms with Crippen LogP contribution >= 0.6 is 58.0 Å². The smallest absolute Gasteiger partial charge is 0.257 e. The topological polar surface area (TPSA) is 82.0 Å². The van der Waals surface area contributed by atoms with Crippen LogP contribution in [0.3, 0.4) is 0 Å². The highest BCUT2D eigenvalue weighted by molar-refractivity contribution is 6.53. The fraction of sp³-hybridized carbons (Fsp3) is 0.160. The third-order valence-electron chi connectivity index (χ3n) is 5.22. The van der Waals surface area contributed by atoms with E-state index < -0.39 is 33.8 Å². The predicted molar refractivity (Wildman–Crippen MR) is 143 cm³/mol. The number of rotatable bonds is 7. The highest BCUT2D eigenvalue weighted by Crippen LogP contribution is 2.62. The largest absolute Gasteiger partial charge is 0.326 e. The summed E-state index contributed by atoms with van der Waals surface area (Å²) in [6, 6.07) is 9.44. The summed E-state index contributed by atoms with van der Waals surface area (Å²) < 4.78 is 12.0. The lowest BCUT2D eigenvalue weighted by atomic mass is 10.1. The van der Waals surface area contributed by atoms with Crippen LogP contribution in [0.5, 0.6) is 0 Å². The van der Waals surface area contributed by atoms with Crippen LogP contribution in [0.1, 0.15) is 22.8 Å². The fourth-order valence-corrected chi connectivity index (χ4v) is 5.05. The number of anilines is 2. The van der Waals surface area contributed by atoms with Gasteiger partial charge >= 0.3 is 0 Å². The molecule has 2 amide bonds. The van der Waals surface area contributed by atoms with E-state index in [9.17, 15) is 19.2 Å². The quantitative estimate of drug-likeness (QED) is 0.256. The van der Waals surface area contributed by atoms with Crippen LogP contribution in [0.25, 0.3) is 0 Å². The van der Waals surface area contributed by atoms with Crippen molar-refractivity contribution in [2.45, 2.75) is 11.3 Å². The lowest BCUT2D eigenvalue weighted by Crippen LogP contribution is -2.18. The Bertz CT molecular complexity index is 1360.